The maximum atomic E-state index is 14.9. The molecule has 0 aliphatic heterocycles. The molecule has 3 rings (SSSR count). The number of para-hydroxylation sites is 1. The van der Waals surface area contributed by atoms with Gasteiger partial charge in [0.25, 0.3) is 10.0 Å². The smallest absolute Gasteiger partial charge is 0.264 e. The van der Waals surface area contributed by atoms with Crippen molar-refractivity contribution >= 4 is 27.5 Å². The van der Waals surface area contributed by atoms with Gasteiger partial charge in [0, 0.05) is 12.6 Å². The Kier molecular flexibility index (Phi) is 9.63. The van der Waals surface area contributed by atoms with Crippen molar-refractivity contribution in [3.05, 3.63) is 95.8 Å². The van der Waals surface area contributed by atoms with E-state index in [1.165, 1.54) is 35.2 Å². The lowest BCUT2D eigenvalue weighted by atomic mass is 10.1. The average Bonchev–Trinajstić information content (AvgIpc) is 2.91. The standard InChI is InChI=1S/C29H34FN3O4S/c1-5-22(3)31-29(35)23(4)32(19-24-11-7-6-8-12-24)28(34)20-33(27-14-10-9-13-26(27)30)38(36,37)25-17-15-21(2)16-18-25/h6-18,22-23H,5,19-20H2,1-4H3,(H,31,35). The number of hydrogen-bond donors (Lipinski definition) is 1. The minimum atomic E-state index is -4.32. The number of nitrogens with one attached hydrogen (secondary N) is 1. The molecule has 0 saturated heterocycles. The lowest BCUT2D eigenvalue weighted by Crippen LogP contribution is -2.52. The van der Waals surface area contributed by atoms with Crippen LogP contribution in [0.25, 0.3) is 0 Å². The van der Waals surface area contributed by atoms with E-state index < -0.39 is 34.3 Å². The van der Waals surface area contributed by atoms with E-state index in [0.29, 0.717) is 6.42 Å². The monoisotopic (exact) mass is 539 g/mol. The molecule has 2 amide bonds. The third-order valence-electron chi connectivity index (χ3n) is 6.37. The van der Waals surface area contributed by atoms with Crippen molar-refractivity contribution in [3.63, 3.8) is 0 Å². The first-order valence-corrected chi connectivity index (χ1v) is 14.0. The Morgan fingerprint density at radius 1 is 0.921 bits per heavy atom. The molecule has 7 nitrogen and oxygen atoms in total. The highest BCUT2D eigenvalue weighted by Gasteiger charge is 2.33. The van der Waals surface area contributed by atoms with Crippen LogP contribution in [0.2, 0.25) is 0 Å². The maximum Gasteiger partial charge on any atom is 0.264 e. The van der Waals surface area contributed by atoms with Crippen LogP contribution in [-0.4, -0.2) is 43.8 Å². The molecule has 38 heavy (non-hydrogen) atoms. The molecule has 0 aliphatic carbocycles. The number of rotatable bonds is 11. The van der Waals surface area contributed by atoms with E-state index >= 15 is 0 Å². The van der Waals surface area contributed by atoms with E-state index in [9.17, 15) is 22.4 Å². The van der Waals surface area contributed by atoms with Crippen LogP contribution in [0.3, 0.4) is 0 Å². The number of carbonyl (C=O) groups is 2. The first kappa shape index (κ1) is 28.8. The van der Waals surface area contributed by atoms with Crippen molar-refractivity contribution < 1.29 is 22.4 Å². The van der Waals surface area contributed by atoms with Crippen LogP contribution < -0.4 is 9.62 Å². The fourth-order valence-electron chi connectivity index (χ4n) is 3.83. The van der Waals surface area contributed by atoms with Crippen LogP contribution >= 0.6 is 0 Å². The van der Waals surface area contributed by atoms with Crippen molar-refractivity contribution in [1.29, 1.82) is 0 Å². The van der Waals surface area contributed by atoms with Crippen LogP contribution in [0, 0.1) is 12.7 Å². The molecule has 1 N–H and O–H groups in total. The molecular weight excluding hydrogens is 505 g/mol. The first-order valence-electron chi connectivity index (χ1n) is 12.5. The molecule has 0 radical (unpaired) electrons. The Labute approximate surface area is 224 Å². The third-order valence-corrected chi connectivity index (χ3v) is 8.15. The summed E-state index contributed by atoms with van der Waals surface area (Å²) < 4.78 is 43.1. The lowest BCUT2D eigenvalue weighted by molar-refractivity contribution is -0.139. The molecule has 202 valence electrons. The van der Waals surface area contributed by atoms with E-state index in [1.54, 1.807) is 19.1 Å². The van der Waals surface area contributed by atoms with Crippen molar-refractivity contribution in [2.75, 3.05) is 10.8 Å². The summed E-state index contributed by atoms with van der Waals surface area (Å²) in [5.74, 6) is -1.78. The molecule has 0 fully saturated rings. The zero-order valence-electron chi connectivity index (χ0n) is 22.1. The number of benzene rings is 3. The van der Waals surface area contributed by atoms with Crippen molar-refractivity contribution in [1.82, 2.24) is 10.2 Å². The lowest BCUT2D eigenvalue weighted by Gasteiger charge is -2.32. The van der Waals surface area contributed by atoms with Gasteiger partial charge >= 0.3 is 0 Å². The van der Waals surface area contributed by atoms with Gasteiger partial charge in [-0.2, -0.15) is 0 Å². The van der Waals surface area contributed by atoms with Crippen molar-refractivity contribution in [2.45, 2.75) is 57.6 Å². The Morgan fingerprint density at radius 2 is 1.53 bits per heavy atom. The molecule has 0 saturated carbocycles. The quantitative estimate of drug-likeness (QED) is 0.384. The van der Waals surface area contributed by atoms with Crippen LogP contribution in [0.1, 0.15) is 38.3 Å². The molecular formula is C29H34FN3O4S. The summed E-state index contributed by atoms with van der Waals surface area (Å²) in [6, 6.07) is 19.6. The topological polar surface area (TPSA) is 86.8 Å². The van der Waals surface area contributed by atoms with E-state index in [4.69, 9.17) is 0 Å². The fourth-order valence-corrected chi connectivity index (χ4v) is 5.25. The highest BCUT2D eigenvalue weighted by atomic mass is 32.2. The number of nitrogens with zero attached hydrogens (tertiary/aromatic N) is 2. The number of hydrogen-bond acceptors (Lipinski definition) is 4. The van der Waals surface area contributed by atoms with Gasteiger partial charge in [0.2, 0.25) is 11.8 Å². The summed E-state index contributed by atoms with van der Waals surface area (Å²) in [4.78, 5) is 28.1. The number of sulfonamides is 1. The highest BCUT2D eigenvalue weighted by Crippen LogP contribution is 2.27. The summed E-state index contributed by atoms with van der Waals surface area (Å²) in [5.41, 5.74) is 1.37. The zero-order valence-corrected chi connectivity index (χ0v) is 22.9. The summed E-state index contributed by atoms with van der Waals surface area (Å²) in [7, 11) is -4.32. The van der Waals surface area contributed by atoms with Crippen LogP contribution in [0.4, 0.5) is 10.1 Å². The maximum absolute atomic E-state index is 14.9. The molecule has 0 aromatic heterocycles. The second-order valence-electron chi connectivity index (χ2n) is 9.28. The van der Waals surface area contributed by atoms with Crippen molar-refractivity contribution in [3.8, 4) is 0 Å². The largest absolute Gasteiger partial charge is 0.352 e. The van der Waals surface area contributed by atoms with Gasteiger partial charge in [-0.25, -0.2) is 12.8 Å². The van der Waals surface area contributed by atoms with Crippen LogP contribution in [0.5, 0.6) is 0 Å². The average molecular weight is 540 g/mol. The molecule has 2 unspecified atom stereocenters. The molecule has 0 aliphatic rings. The van der Waals surface area contributed by atoms with E-state index in [2.05, 4.69) is 5.32 Å². The van der Waals surface area contributed by atoms with E-state index in [-0.39, 0.29) is 29.1 Å². The van der Waals surface area contributed by atoms with Crippen LogP contribution in [0.15, 0.2) is 83.8 Å². The van der Waals surface area contributed by atoms with Gasteiger partial charge in [-0.15, -0.1) is 0 Å². The number of carbonyl (C=O) groups excluding carboxylic acids is 2. The van der Waals surface area contributed by atoms with Gasteiger partial charge in [-0.3, -0.25) is 13.9 Å². The van der Waals surface area contributed by atoms with Gasteiger partial charge in [0.15, 0.2) is 0 Å². The third kappa shape index (κ3) is 6.98. The highest BCUT2D eigenvalue weighted by molar-refractivity contribution is 7.92. The van der Waals surface area contributed by atoms with Gasteiger partial charge in [-0.05, 0) is 57.0 Å². The SMILES string of the molecule is CCC(C)NC(=O)C(C)N(Cc1ccccc1)C(=O)CN(c1ccccc1F)S(=O)(=O)c1ccc(C)cc1. The van der Waals surface area contributed by atoms with E-state index in [0.717, 1.165) is 21.5 Å². The Morgan fingerprint density at radius 3 is 2.13 bits per heavy atom. The normalized spacial score (nSPS) is 12.9. The molecule has 0 spiro atoms. The number of amides is 2. The molecule has 9 heteroatoms. The predicted octanol–water partition coefficient (Wildman–Crippen LogP) is 4.66. The minimum absolute atomic E-state index is 0.0728. The summed E-state index contributed by atoms with van der Waals surface area (Å²) in [5, 5.41) is 2.88. The Balaban J connectivity index is 2.02. The van der Waals surface area contributed by atoms with Gasteiger partial charge in [0.05, 0.1) is 10.6 Å². The number of aryl methyl sites for hydroxylation is 1. The predicted molar refractivity (Wildman–Crippen MR) is 146 cm³/mol. The molecule has 3 aromatic rings. The number of halogens is 1. The fraction of sp³-hybridized carbons (Fsp3) is 0.310. The summed E-state index contributed by atoms with van der Waals surface area (Å²) in [6.07, 6.45) is 0.709. The number of anilines is 1. The van der Waals surface area contributed by atoms with E-state index in [1.807, 2.05) is 51.1 Å². The second-order valence-corrected chi connectivity index (χ2v) is 11.1. The molecule has 0 heterocycles. The van der Waals surface area contributed by atoms with Crippen molar-refractivity contribution in [2.24, 2.45) is 0 Å². The first-order chi connectivity index (χ1) is 18.0. The summed E-state index contributed by atoms with van der Waals surface area (Å²) >= 11 is 0. The minimum Gasteiger partial charge on any atom is -0.352 e. The van der Waals surface area contributed by atoms with Gasteiger partial charge in [-0.1, -0.05) is 67.1 Å². The molecule has 0 bridgehead atoms. The summed E-state index contributed by atoms with van der Waals surface area (Å²) in [6.45, 7) is 6.60. The van der Waals surface area contributed by atoms with Crippen LogP contribution in [-0.2, 0) is 26.2 Å². The second kappa shape index (κ2) is 12.7. The Bertz CT molecular complexity index is 1350. The molecule has 2 atom stereocenters. The zero-order chi connectivity index (χ0) is 27.9. The van der Waals surface area contributed by atoms with Gasteiger partial charge in [0.1, 0.15) is 18.4 Å². The molecule has 3 aromatic carbocycles. The van der Waals surface area contributed by atoms with Gasteiger partial charge < -0.3 is 10.2 Å². The Hall–Kier alpha value is -3.72.